The minimum absolute atomic E-state index is 0.0121. The summed E-state index contributed by atoms with van der Waals surface area (Å²) in [6, 6.07) is 6.20. The third-order valence-electron chi connectivity index (χ3n) is 6.13. The first-order valence-corrected chi connectivity index (χ1v) is 12.7. The lowest BCUT2D eigenvalue weighted by atomic mass is 9.85. The van der Waals surface area contributed by atoms with Crippen molar-refractivity contribution in [2.75, 3.05) is 7.11 Å². The van der Waals surface area contributed by atoms with Crippen LogP contribution in [0.5, 0.6) is 0 Å². The lowest BCUT2D eigenvalue weighted by Gasteiger charge is -2.38. The average molecular weight is 531 g/mol. The summed E-state index contributed by atoms with van der Waals surface area (Å²) in [5, 5.41) is 2.75. The van der Waals surface area contributed by atoms with Crippen LogP contribution in [0.3, 0.4) is 0 Å². The minimum Gasteiger partial charge on any atom is -0.467 e. The van der Waals surface area contributed by atoms with E-state index in [-0.39, 0.29) is 25.0 Å². The second kappa shape index (κ2) is 11.2. The second-order valence-electron chi connectivity index (χ2n) is 11.6. The zero-order valence-corrected chi connectivity index (χ0v) is 23.1. The number of likely N-dealkylation sites (tertiary alicyclic amines) is 1. The number of esters is 1. The number of hydrogen-bond acceptors (Lipinski definition) is 8. The van der Waals surface area contributed by atoms with Crippen LogP contribution in [-0.4, -0.2) is 70.7 Å². The summed E-state index contributed by atoms with van der Waals surface area (Å²) < 4.78 is 10.6. The number of ether oxygens (including phenoxy) is 2. The Morgan fingerprint density at radius 1 is 1.08 bits per heavy atom. The van der Waals surface area contributed by atoms with Gasteiger partial charge in [0.1, 0.15) is 23.3 Å². The van der Waals surface area contributed by atoms with E-state index in [1.807, 2.05) is 30.3 Å². The van der Waals surface area contributed by atoms with Crippen LogP contribution in [0.2, 0.25) is 0 Å². The molecule has 1 aliphatic carbocycles. The summed E-state index contributed by atoms with van der Waals surface area (Å²) in [7, 11) is 1.24. The molecule has 10 heteroatoms. The Labute approximate surface area is 223 Å². The van der Waals surface area contributed by atoms with Gasteiger partial charge in [-0.15, -0.1) is 0 Å². The molecule has 1 aromatic rings. The minimum atomic E-state index is -1.28. The van der Waals surface area contributed by atoms with Gasteiger partial charge in [0.05, 0.1) is 18.8 Å². The third-order valence-corrected chi connectivity index (χ3v) is 6.13. The summed E-state index contributed by atoms with van der Waals surface area (Å²) in [5.74, 6) is -1.45. The van der Waals surface area contributed by atoms with Crippen LogP contribution in [0.25, 0.3) is 0 Å². The summed E-state index contributed by atoms with van der Waals surface area (Å²) in [6.45, 7) is 10.5. The number of rotatable bonds is 7. The van der Waals surface area contributed by atoms with Crippen molar-refractivity contribution in [3.63, 3.8) is 0 Å². The number of allylic oxidation sites excluding steroid dienone is 1. The molecule has 1 saturated heterocycles. The lowest BCUT2D eigenvalue weighted by Crippen LogP contribution is -2.56. The third kappa shape index (κ3) is 7.20. The summed E-state index contributed by atoms with van der Waals surface area (Å²) in [5.41, 5.74) is -2.01. The van der Waals surface area contributed by atoms with E-state index < -0.39 is 52.9 Å². The standard InChI is InChI=1S/C28H38N2O8/c1-26(2,3)36-25(34)30-21(17-28(38-37-27(4,5)6)14-13-19(31)16-22(28)30)23(32)29-20(24(33)35-7)15-18-11-9-8-10-12-18/h8-14,20-22H,15-17H2,1-7H3,(H,29,32)/t20-,21-,22+,28-/m0/s1. The van der Waals surface area contributed by atoms with Crippen molar-refractivity contribution in [2.24, 2.45) is 0 Å². The predicted octanol–water partition coefficient (Wildman–Crippen LogP) is 3.28. The first-order valence-electron chi connectivity index (χ1n) is 12.7. The Bertz CT molecular complexity index is 1070. The molecule has 2 aliphatic rings. The van der Waals surface area contributed by atoms with Crippen molar-refractivity contribution < 1.29 is 38.4 Å². The van der Waals surface area contributed by atoms with Gasteiger partial charge in [0.15, 0.2) is 5.78 Å². The fourth-order valence-corrected chi connectivity index (χ4v) is 4.49. The van der Waals surface area contributed by atoms with E-state index in [1.54, 1.807) is 47.6 Å². The van der Waals surface area contributed by atoms with Crippen LogP contribution in [0.1, 0.15) is 59.9 Å². The molecule has 3 rings (SSSR count). The van der Waals surface area contributed by atoms with Crippen LogP contribution in [0.15, 0.2) is 42.5 Å². The highest BCUT2D eigenvalue weighted by atomic mass is 17.2. The maximum atomic E-state index is 13.7. The number of ketones is 1. The van der Waals surface area contributed by atoms with Gasteiger partial charge in [-0.25, -0.2) is 19.4 Å². The number of nitrogens with zero attached hydrogens (tertiary/aromatic N) is 1. The largest absolute Gasteiger partial charge is 0.467 e. The Morgan fingerprint density at radius 3 is 2.32 bits per heavy atom. The number of fused-ring (bicyclic) bond motifs is 1. The van der Waals surface area contributed by atoms with Gasteiger partial charge in [-0.1, -0.05) is 30.3 Å². The molecule has 1 aromatic carbocycles. The molecule has 0 spiro atoms. The van der Waals surface area contributed by atoms with Gasteiger partial charge < -0.3 is 14.8 Å². The molecule has 10 nitrogen and oxygen atoms in total. The molecular weight excluding hydrogens is 492 g/mol. The number of nitrogens with one attached hydrogen (secondary N) is 1. The molecule has 0 saturated carbocycles. The van der Waals surface area contributed by atoms with Crippen molar-refractivity contribution in [3.8, 4) is 0 Å². The highest BCUT2D eigenvalue weighted by Gasteiger charge is 2.60. The fraction of sp³-hybridized carbons (Fsp3) is 0.571. The second-order valence-corrected chi connectivity index (χ2v) is 11.6. The molecule has 0 bridgehead atoms. The van der Waals surface area contributed by atoms with Crippen molar-refractivity contribution in [1.29, 1.82) is 0 Å². The number of methoxy groups -OCH3 is 1. The first-order chi connectivity index (χ1) is 17.6. The van der Waals surface area contributed by atoms with Crippen LogP contribution in [0, 0.1) is 0 Å². The molecule has 1 heterocycles. The van der Waals surface area contributed by atoms with Gasteiger partial charge in [-0.3, -0.25) is 14.5 Å². The van der Waals surface area contributed by atoms with Gasteiger partial charge in [0.2, 0.25) is 5.91 Å². The summed E-state index contributed by atoms with van der Waals surface area (Å²) in [6.07, 6.45) is 2.24. The molecule has 4 atom stereocenters. The molecule has 1 N–H and O–H groups in total. The summed E-state index contributed by atoms with van der Waals surface area (Å²) >= 11 is 0. The molecule has 38 heavy (non-hydrogen) atoms. The van der Waals surface area contributed by atoms with Gasteiger partial charge >= 0.3 is 12.1 Å². The fourth-order valence-electron chi connectivity index (χ4n) is 4.49. The van der Waals surface area contributed by atoms with Crippen molar-refractivity contribution in [2.45, 2.75) is 95.7 Å². The molecule has 2 amide bonds. The average Bonchev–Trinajstić information content (AvgIpc) is 3.16. The van der Waals surface area contributed by atoms with Gasteiger partial charge in [0, 0.05) is 19.3 Å². The van der Waals surface area contributed by atoms with Gasteiger partial charge in [-0.2, -0.15) is 0 Å². The number of benzene rings is 1. The van der Waals surface area contributed by atoms with E-state index in [9.17, 15) is 19.2 Å². The van der Waals surface area contributed by atoms with Crippen molar-refractivity contribution in [3.05, 3.63) is 48.0 Å². The Kier molecular flexibility index (Phi) is 8.68. The highest BCUT2D eigenvalue weighted by molar-refractivity contribution is 5.95. The van der Waals surface area contributed by atoms with Crippen LogP contribution >= 0.6 is 0 Å². The van der Waals surface area contributed by atoms with Crippen LogP contribution < -0.4 is 5.32 Å². The van der Waals surface area contributed by atoms with Crippen molar-refractivity contribution in [1.82, 2.24) is 10.2 Å². The SMILES string of the molecule is COC(=O)[C@H](Cc1ccccc1)NC(=O)[C@@H]1C[C@@]2(OOC(C)(C)C)C=CC(=O)C[C@H]2N1C(=O)OC(C)(C)C. The summed E-state index contributed by atoms with van der Waals surface area (Å²) in [4.78, 5) is 65.0. The number of carbonyl (C=O) groups excluding carboxylic acids is 4. The van der Waals surface area contributed by atoms with E-state index >= 15 is 0 Å². The number of amides is 2. The maximum absolute atomic E-state index is 13.7. The maximum Gasteiger partial charge on any atom is 0.411 e. The van der Waals surface area contributed by atoms with Crippen LogP contribution in [-0.2, 0) is 40.1 Å². The molecular formula is C28H38N2O8. The molecule has 1 aliphatic heterocycles. The molecule has 0 radical (unpaired) electrons. The molecule has 208 valence electrons. The Hall–Kier alpha value is -3.24. The Morgan fingerprint density at radius 2 is 1.74 bits per heavy atom. The number of carbonyl (C=O) groups is 4. The molecule has 0 unspecified atom stereocenters. The zero-order chi connectivity index (χ0) is 28.3. The van der Waals surface area contributed by atoms with E-state index in [2.05, 4.69) is 5.32 Å². The van der Waals surface area contributed by atoms with E-state index in [0.29, 0.717) is 0 Å². The van der Waals surface area contributed by atoms with Crippen LogP contribution in [0.4, 0.5) is 4.79 Å². The van der Waals surface area contributed by atoms with Crippen molar-refractivity contribution >= 4 is 23.8 Å². The topological polar surface area (TPSA) is 120 Å². The molecule has 0 aromatic heterocycles. The lowest BCUT2D eigenvalue weighted by molar-refractivity contribution is -0.396. The van der Waals surface area contributed by atoms with E-state index in [0.717, 1.165) is 5.56 Å². The number of hydrogen-bond donors (Lipinski definition) is 1. The van der Waals surface area contributed by atoms with E-state index in [4.69, 9.17) is 19.2 Å². The normalized spacial score (nSPS) is 24.0. The predicted molar refractivity (Wildman–Crippen MR) is 138 cm³/mol. The monoisotopic (exact) mass is 530 g/mol. The van der Waals surface area contributed by atoms with Gasteiger partial charge in [0.25, 0.3) is 0 Å². The first kappa shape index (κ1) is 29.3. The van der Waals surface area contributed by atoms with Gasteiger partial charge in [-0.05, 0) is 59.3 Å². The molecule has 1 fully saturated rings. The quantitative estimate of drug-likeness (QED) is 0.324. The zero-order valence-electron chi connectivity index (χ0n) is 23.1. The smallest absolute Gasteiger partial charge is 0.411 e. The Balaban J connectivity index is 1.96. The van der Waals surface area contributed by atoms with E-state index in [1.165, 1.54) is 18.1 Å². The highest BCUT2D eigenvalue weighted by Crippen LogP contribution is 2.43.